The quantitative estimate of drug-likeness (QED) is 0.800. The largest absolute Gasteiger partial charge is 0.326 e. The van der Waals surface area contributed by atoms with E-state index in [1.165, 1.54) is 18.3 Å². The lowest BCUT2D eigenvalue weighted by Gasteiger charge is -2.03. The van der Waals surface area contributed by atoms with Crippen LogP contribution in [0.3, 0.4) is 0 Å². The number of imidazole rings is 1. The molecule has 0 saturated heterocycles. The molecular weight excluding hydrogens is 310 g/mol. The van der Waals surface area contributed by atoms with Gasteiger partial charge in [-0.1, -0.05) is 37.3 Å². The second kappa shape index (κ2) is 5.82. The summed E-state index contributed by atoms with van der Waals surface area (Å²) in [4.78, 5) is 16.3. The van der Waals surface area contributed by atoms with Crippen LogP contribution in [0.4, 0.5) is 5.69 Å². The van der Waals surface area contributed by atoms with E-state index >= 15 is 0 Å². The number of amides is 1. The first kappa shape index (κ1) is 15.2. The lowest BCUT2D eigenvalue weighted by Crippen LogP contribution is -2.05. The second-order valence-electron chi connectivity index (χ2n) is 5.47. The molecular formula is C16H15N5OS. The minimum Gasteiger partial charge on any atom is -0.326 e. The zero-order valence-corrected chi connectivity index (χ0v) is 13.8. The number of benzene rings is 1. The summed E-state index contributed by atoms with van der Waals surface area (Å²) < 4.78 is 1.61. The number of nitriles is 1. The molecule has 2 heterocycles. The number of carbonyl (C=O) groups is 1. The van der Waals surface area contributed by atoms with Crippen molar-refractivity contribution in [3.63, 3.8) is 0 Å². The molecule has 0 aliphatic heterocycles. The van der Waals surface area contributed by atoms with Crippen molar-refractivity contribution < 1.29 is 4.79 Å². The van der Waals surface area contributed by atoms with Crippen LogP contribution >= 0.6 is 11.3 Å². The van der Waals surface area contributed by atoms with Crippen LogP contribution < -0.4 is 5.32 Å². The van der Waals surface area contributed by atoms with Gasteiger partial charge in [-0.25, -0.2) is 4.98 Å². The van der Waals surface area contributed by atoms with Gasteiger partial charge < -0.3 is 5.32 Å². The van der Waals surface area contributed by atoms with E-state index in [0.717, 1.165) is 10.6 Å². The Labute approximate surface area is 137 Å². The van der Waals surface area contributed by atoms with Gasteiger partial charge >= 0.3 is 0 Å². The molecule has 3 aromatic rings. The molecule has 0 aliphatic rings. The highest BCUT2D eigenvalue weighted by Crippen LogP contribution is 2.29. The second-order valence-corrected chi connectivity index (χ2v) is 6.46. The van der Waals surface area contributed by atoms with Crippen LogP contribution in [0.15, 0.2) is 24.3 Å². The third-order valence-electron chi connectivity index (χ3n) is 3.30. The highest BCUT2D eigenvalue weighted by atomic mass is 32.1. The summed E-state index contributed by atoms with van der Waals surface area (Å²) in [6.07, 6.45) is 0. The molecule has 0 saturated carbocycles. The van der Waals surface area contributed by atoms with Crippen molar-refractivity contribution in [1.82, 2.24) is 14.6 Å². The number of nitrogens with one attached hydrogen (secondary N) is 1. The van der Waals surface area contributed by atoms with E-state index in [-0.39, 0.29) is 5.91 Å². The number of anilines is 1. The van der Waals surface area contributed by atoms with Crippen molar-refractivity contribution >= 4 is 27.9 Å². The maximum absolute atomic E-state index is 11.1. The van der Waals surface area contributed by atoms with Crippen LogP contribution in [0.2, 0.25) is 0 Å². The van der Waals surface area contributed by atoms with Gasteiger partial charge in [0.15, 0.2) is 5.69 Å². The zero-order chi connectivity index (χ0) is 16.6. The number of rotatable bonds is 3. The van der Waals surface area contributed by atoms with Gasteiger partial charge in [-0.3, -0.25) is 4.79 Å². The molecule has 6 nitrogen and oxygen atoms in total. The number of nitrogens with zero attached hydrogens (tertiary/aromatic N) is 4. The summed E-state index contributed by atoms with van der Waals surface area (Å²) in [6.45, 7) is 5.58. The molecule has 0 aliphatic carbocycles. The molecule has 2 aromatic heterocycles. The van der Waals surface area contributed by atoms with Gasteiger partial charge in [-0.2, -0.15) is 14.9 Å². The highest BCUT2D eigenvalue weighted by molar-refractivity contribution is 7.16. The topological polar surface area (TPSA) is 83.1 Å². The molecule has 0 unspecified atom stereocenters. The van der Waals surface area contributed by atoms with E-state index in [4.69, 9.17) is 0 Å². The average molecular weight is 325 g/mol. The Hall–Kier alpha value is -2.72. The van der Waals surface area contributed by atoms with Gasteiger partial charge in [0.05, 0.1) is 0 Å². The Balaban J connectivity index is 2.04. The summed E-state index contributed by atoms with van der Waals surface area (Å²) in [7, 11) is 0. The number of carbonyl (C=O) groups excluding carboxylic acids is 1. The summed E-state index contributed by atoms with van der Waals surface area (Å²) in [5.41, 5.74) is 2.56. The van der Waals surface area contributed by atoms with Crippen LogP contribution in [0.5, 0.6) is 0 Å². The molecule has 1 amide bonds. The maximum atomic E-state index is 11.1. The third-order valence-corrected chi connectivity index (χ3v) is 4.51. The first-order valence-electron chi connectivity index (χ1n) is 7.17. The van der Waals surface area contributed by atoms with Crippen molar-refractivity contribution in [2.45, 2.75) is 26.7 Å². The van der Waals surface area contributed by atoms with E-state index in [9.17, 15) is 10.1 Å². The minimum absolute atomic E-state index is 0.122. The smallest absolute Gasteiger partial charge is 0.221 e. The molecule has 1 aromatic carbocycles. The van der Waals surface area contributed by atoms with Crippen LogP contribution in [-0.4, -0.2) is 20.5 Å². The Morgan fingerprint density at radius 1 is 1.35 bits per heavy atom. The number of aromatic nitrogens is 3. The summed E-state index contributed by atoms with van der Waals surface area (Å²) in [5.74, 6) is 0.178. The zero-order valence-electron chi connectivity index (χ0n) is 13.0. The molecule has 23 heavy (non-hydrogen) atoms. The van der Waals surface area contributed by atoms with Gasteiger partial charge in [0.1, 0.15) is 16.8 Å². The monoisotopic (exact) mass is 325 g/mol. The van der Waals surface area contributed by atoms with Crippen LogP contribution in [-0.2, 0) is 4.79 Å². The minimum atomic E-state index is -0.122. The fourth-order valence-corrected chi connectivity index (χ4v) is 3.11. The van der Waals surface area contributed by atoms with Gasteiger partial charge in [0, 0.05) is 24.1 Å². The molecule has 0 spiro atoms. The first-order chi connectivity index (χ1) is 11.0. The van der Waals surface area contributed by atoms with E-state index in [0.29, 0.717) is 28.0 Å². The summed E-state index contributed by atoms with van der Waals surface area (Å²) in [6, 6.07) is 9.44. The Kier molecular flexibility index (Phi) is 3.84. The van der Waals surface area contributed by atoms with Gasteiger partial charge in [-0.05, 0) is 12.1 Å². The standard InChI is InChI=1S/C16H15N5OS/c1-9(2)15-20-21-13(8-17)14(19-16(21)23-15)11-4-6-12(7-5-11)18-10(3)22/h4-7,9H,1-3H3,(H,18,22). The molecule has 116 valence electrons. The van der Waals surface area contributed by atoms with E-state index in [2.05, 4.69) is 35.3 Å². The molecule has 1 N–H and O–H groups in total. The SMILES string of the molecule is CC(=O)Nc1ccc(-c2nc3sc(C(C)C)nn3c2C#N)cc1. The normalized spacial score (nSPS) is 10.9. The first-order valence-corrected chi connectivity index (χ1v) is 7.99. The van der Waals surface area contributed by atoms with Gasteiger partial charge in [0.2, 0.25) is 10.9 Å². The third kappa shape index (κ3) is 2.81. The number of hydrogen-bond acceptors (Lipinski definition) is 5. The molecule has 7 heteroatoms. The molecule has 3 rings (SSSR count). The van der Waals surface area contributed by atoms with Crippen molar-refractivity contribution in [2.24, 2.45) is 0 Å². The highest BCUT2D eigenvalue weighted by Gasteiger charge is 2.18. The van der Waals surface area contributed by atoms with Crippen molar-refractivity contribution in [2.75, 3.05) is 5.32 Å². The Bertz CT molecular complexity index is 914. The fourth-order valence-electron chi connectivity index (χ4n) is 2.21. The predicted octanol–water partition coefficient (Wildman–Crippen LogP) is 3.41. The van der Waals surface area contributed by atoms with Gasteiger partial charge in [0.25, 0.3) is 0 Å². The van der Waals surface area contributed by atoms with Crippen molar-refractivity contribution in [3.05, 3.63) is 35.0 Å². The molecule has 0 radical (unpaired) electrons. The van der Waals surface area contributed by atoms with Crippen LogP contribution in [0.1, 0.15) is 37.4 Å². The van der Waals surface area contributed by atoms with Crippen molar-refractivity contribution in [3.8, 4) is 17.3 Å². The Morgan fingerprint density at radius 3 is 2.61 bits per heavy atom. The Morgan fingerprint density at radius 2 is 2.04 bits per heavy atom. The number of fused-ring (bicyclic) bond motifs is 1. The van der Waals surface area contributed by atoms with E-state index < -0.39 is 0 Å². The average Bonchev–Trinajstić information content (AvgIpc) is 3.04. The van der Waals surface area contributed by atoms with E-state index in [1.54, 1.807) is 16.6 Å². The van der Waals surface area contributed by atoms with Gasteiger partial charge in [-0.15, -0.1) is 0 Å². The lowest BCUT2D eigenvalue weighted by atomic mass is 10.1. The van der Waals surface area contributed by atoms with Crippen LogP contribution in [0.25, 0.3) is 16.2 Å². The molecule has 0 atom stereocenters. The van der Waals surface area contributed by atoms with Crippen molar-refractivity contribution in [1.29, 1.82) is 5.26 Å². The van der Waals surface area contributed by atoms with E-state index in [1.807, 2.05) is 12.1 Å². The maximum Gasteiger partial charge on any atom is 0.221 e. The predicted molar refractivity (Wildman–Crippen MR) is 89.4 cm³/mol. The summed E-state index contributed by atoms with van der Waals surface area (Å²) >= 11 is 1.49. The molecule has 0 fully saturated rings. The molecule has 0 bridgehead atoms. The summed E-state index contributed by atoms with van der Waals surface area (Å²) in [5, 5.41) is 17.6. The number of hydrogen-bond donors (Lipinski definition) is 1. The van der Waals surface area contributed by atoms with Crippen LogP contribution in [0, 0.1) is 11.3 Å². The lowest BCUT2D eigenvalue weighted by molar-refractivity contribution is -0.114. The fraction of sp³-hybridized carbons (Fsp3) is 0.250.